The van der Waals surface area contributed by atoms with Crippen LogP contribution in [0.2, 0.25) is 0 Å². The number of hydrogen-bond acceptors (Lipinski definition) is 3. The van der Waals surface area contributed by atoms with Gasteiger partial charge in [0.25, 0.3) is 0 Å². The second-order valence-corrected chi connectivity index (χ2v) is 6.96. The highest BCUT2D eigenvalue weighted by molar-refractivity contribution is 7.89. The third-order valence-corrected chi connectivity index (χ3v) is 4.90. The van der Waals surface area contributed by atoms with E-state index in [9.17, 15) is 8.42 Å². The lowest BCUT2D eigenvalue weighted by Crippen LogP contribution is -2.28. The summed E-state index contributed by atoms with van der Waals surface area (Å²) in [5.74, 6) is 0.00749. The Kier molecular flexibility index (Phi) is 4.99. The highest BCUT2D eigenvalue weighted by Gasteiger charge is 2.10. The van der Waals surface area contributed by atoms with Crippen LogP contribution in [0, 0.1) is 18.3 Å². The first-order valence-electron chi connectivity index (χ1n) is 6.93. The molecule has 0 bridgehead atoms. The third kappa shape index (κ3) is 4.06. The number of unbranched alkanes of at least 4 members (excludes halogenated alkanes) is 1. The normalized spacial score (nSPS) is 11.6. The number of nitriles is 1. The Balaban J connectivity index is 1.94. The predicted octanol–water partition coefficient (Wildman–Crippen LogP) is 2.24. The zero-order valence-electron chi connectivity index (χ0n) is 12.0. The highest BCUT2D eigenvalue weighted by Crippen LogP contribution is 2.21. The fourth-order valence-electron chi connectivity index (χ4n) is 2.33. The Labute approximate surface area is 125 Å². The number of sulfonamides is 1. The lowest BCUT2D eigenvalue weighted by Gasteiger charge is -2.05. The fraction of sp³-hybridized carbons (Fsp3) is 0.400. The van der Waals surface area contributed by atoms with Crippen LogP contribution in [-0.2, 0) is 16.4 Å². The largest absolute Gasteiger partial charge is 0.361 e. The smallest absolute Gasteiger partial charge is 0.211 e. The van der Waals surface area contributed by atoms with E-state index < -0.39 is 10.0 Å². The average Bonchev–Trinajstić information content (AvgIpc) is 2.84. The van der Waals surface area contributed by atoms with E-state index in [1.807, 2.05) is 37.4 Å². The Morgan fingerprint density at radius 2 is 2.19 bits per heavy atom. The van der Waals surface area contributed by atoms with Gasteiger partial charge in [0.05, 0.1) is 11.8 Å². The summed E-state index contributed by atoms with van der Waals surface area (Å²) in [7, 11) is -3.28. The number of hydrogen-bond donors (Lipinski definition) is 2. The highest BCUT2D eigenvalue weighted by atomic mass is 32.2. The van der Waals surface area contributed by atoms with Gasteiger partial charge in [-0.1, -0.05) is 18.2 Å². The van der Waals surface area contributed by atoms with Crippen LogP contribution in [0.5, 0.6) is 0 Å². The SMILES string of the molecule is Cc1cccc2c(CCNS(=O)(=O)CCCC#N)c[nH]c12. The van der Waals surface area contributed by atoms with Crippen LogP contribution in [0.4, 0.5) is 0 Å². The van der Waals surface area contributed by atoms with Crippen LogP contribution in [0.25, 0.3) is 10.9 Å². The van der Waals surface area contributed by atoms with Gasteiger partial charge in [0.15, 0.2) is 0 Å². The van der Waals surface area contributed by atoms with Gasteiger partial charge in [-0.15, -0.1) is 0 Å². The molecular formula is C15H19N3O2S. The molecule has 1 aromatic carbocycles. The molecule has 0 amide bonds. The van der Waals surface area contributed by atoms with Crippen molar-refractivity contribution in [1.82, 2.24) is 9.71 Å². The van der Waals surface area contributed by atoms with E-state index in [-0.39, 0.29) is 12.2 Å². The quantitative estimate of drug-likeness (QED) is 0.769. The Morgan fingerprint density at radius 3 is 2.95 bits per heavy atom. The number of nitrogens with one attached hydrogen (secondary N) is 2. The molecule has 0 saturated carbocycles. The molecule has 112 valence electrons. The molecule has 0 aliphatic rings. The Bertz CT molecular complexity index is 757. The summed E-state index contributed by atoms with van der Waals surface area (Å²) in [6, 6.07) is 8.03. The minimum atomic E-state index is -3.28. The molecule has 0 radical (unpaired) electrons. The first kappa shape index (κ1) is 15.5. The average molecular weight is 305 g/mol. The molecule has 5 nitrogen and oxygen atoms in total. The Morgan fingerprint density at radius 1 is 1.38 bits per heavy atom. The monoisotopic (exact) mass is 305 g/mol. The molecule has 0 saturated heterocycles. The number of benzene rings is 1. The van der Waals surface area contributed by atoms with E-state index in [0.717, 1.165) is 16.5 Å². The molecule has 2 rings (SSSR count). The van der Waals surface area contributed by atoms with Gasteiger partial charge in [0, 0.05) is 30.1 Å². The van der Waals surface area contributed by atoms with Gasteiger partial charge in [-0.2, -0.15) is 5.26 Å². The Hall–Kier alpha value is -1.84. The van der Waals surface area contributed by atoms with Crippen LogP contribution in [0.3, 0.4) is 0 Å². The van der Waals surface area contributed by atoms with E-state index in [1.54, 1.807) is 0 Å². The summed E-state index contributed by atoms with van der Waals surface area (Å²) in [5, 5.41) is 9.56. The number of aromatic nitrogens is 1. The molecule has 0 unspecified atom stereocenters. The number of para-hydroxylation sites is 1. The molecule has 0 aliphatic heterocycles. The van der Waals surface area contributed by atoms with E-state index in [4.69, 9.17) is 5.26 Å². The zero-order valence-corrected chi connectivity index (χ0v) is 12.8. The lowest BCUT2D eigenvalue weighted by molar-refractivity contribution is 0.579. The number of H-pyrrole nitrogens is 1. The van der Waals surface area contributed by atoms with Gasteiger partial charge in [-0.3, -0.25) is 0 Å². The van der Waals surface area contributed by atoms with E-state index in [2.05, 4.69) is 9.71 Å². The molecule has 0 fully saturated rings. The minimum Gasteiger partial charge on any atom is -0.361 e. The summed E-state index contributed by atoms with van der Waals surface area (Å²) < 4.78 is 26.0. The number of rotatable bonds is 7. The van der Waals surface area contributed by atoms with Crippen LogP contribution in [0.15, 0.2) is 24.4 Å². The molecule has 1 aromatic heterocycles. The second-order valence-electron chi connectivity index (χ2n) is 5.04. The molecule has 0 spiro atoms. The molecule has 21 heavy (non-hydrogen) atoms. The molecule has 6 heteroatoms. The second kappa shape index (κ2) is 6.74. The van der Waals surface area contributed by atoms with Gasteiger partial charge >= 0.3 is 0 Å². The van der Waals surface area contributed by atoms with Crippen LogP contribution in [-0.4, -0.2) is 25.7 Å². The van der Waals surface area contributed by atoms with Gasteiger partial charge < -0.3 is 4.98 Å². The van der Waals surface area contributed by atoms with Crippen molar-refractivity contribution in [3.63, 3.8) is 0 Å². The topological polar surface area (TPSA) is 85.8 Å². The zero-order chi connectivity index (χ0) is 15.3. The van der Waals surface area contributed by atoms with E-state index >= 15 is 0 Å². The van der Waals surface area contributed by atoms with Crippen molar-refractivity contribution in [2.24, 2.45) is 0 Å². The van der Waals surface area contributed by atoms with Crippen molar-refractivity contribution in [2.45, 2.75) is 26.2 Å². The van der Waals surface area contributed by atoms with E-state index in [1.165, 1.54) is 5.56 Å². The van der Waals surface area contributed by atoms with Crippen LogP contribution < -0.4 is 4.72 Å². The van der Waals surface area contributed by atoms with Crippen molar-refractivity contribution >= 4 is 20.9 Å². The maximum atomic E-state index is 11.7. The fourth-order valence-corrected chi connectivity index (χ4v) is 3.41. The summed E-state index contributed by atoms with van der Waals surface area (Å²) in [4.78, 5) is 3.23. The maximum absolute atomic E-state index is 11.7. The molecule has 0 aliphatic carbocycles. The summed E-state index contributed by atoms with van der Waals surface area (Å²) in [6.07, 6.45) is 3.21. The number of fused-ring (bicyclic) bond motifs is 1. The first-order valence-corrected chi connectivity index (χ1v) is 8.58. The molecule has 2 aromatic rings. The van der Waals surface area contributed by atoms with Crippen molar-refractivity contribution in [3.05, 3.63) is 35.5 Å². The molecule has 2 N–H and O–H groups in total. The van der Waals surface area contributed by atoms with Gasteiger partial charge in [0.1, 0.15) is 0 Å². The van der Waals surface area contributed by atoms with E-state index in [0.29, 0.717) is 19.4 Å². The van der Waals surface area contributed by atoms with Crippen molar-refractivity contribution in [2.75, 3.05) is 12.3 Å². The van der Waals surface area contributed by atoms with Gasteiger partial charge in [0.2, 0.25) is 10.0 Å². The van der Waals surface area contributed by atoms with Crippen molar-refractivity contribution < 1.29 is 8.42 Å². The third-order valence-electron chi connectivity index (χ3n) is 3.43. The summed E-state index contributed by atoms with van der Waals surface area (Å²) in [6.45, 7) is 2.41. The van der Waals surface area contributed by atoms with Gasteiger partial charge in [-0.25, -0.2) is 13.1 Å². The molecule has 1 heterocycles. The summed E-state index contributed by atoms with van der Waals surface area (Å²) in [5.41, 5.74) is 3.38. The minimum absolute atomic E-state index is 0.00749. The lowest BCUT2D eigenvalue weighted by atomic mass is 10.1. The van der Waals surface area contributed by atoms with Crippen molar-refractivity contribution in [3.8, 4) is 6.07 Å². The van der Waals surface area contributed by atoms with Crippen LogP contribution >= 0.6 is 0 Å². The van der Waals surface area contributed by atoms with Crippen molar-refractivity contribution in [1.29, 1.82) is 5.26 Å². The molecular weight excluding hydrogens is 286 g/mol. The maximum Gasteiger partial charge on any atom is 0.211 e. The predicted molar refractivity (Wildman–Crippen MR) is 83.4 cm³/mol. The summed E-state index contributed by atoms with van der Waals surface area (Å²) >= 11 is 0. The first-order chi connectivity index (χ1) is 10.0. The van der Waals surface area contributed by atoms with Gasteiger partial charge in [-0.05, 0) is 30.9 Å². The van der Waals surface area contributed by atoms with Crippen LogP contribution in [0.1, 0.15) is 24.0 Å². The molecule has 0 atom stereocenters. The number of nitrogens with zero attached hydrogens (tertiary/aromatic N) is 1. The number of aromatic amines is 1. The number of aryl methyl sites for hydroxylation is 1. The standard InChI is InChI=1S/C15H19N3O2S/c1-12-5-4-6-14-13(11-17-15(12)14)7-9-18-21(19,20)10-3-2-8-16/h4-6,11,17-18H,2-3,7,9-10H2,1H3.